The van der Waals surface area contributed by atoms with Crippen molar-refractivity contribution in [3.63, 3.8) is 0 Å². The van der Waals surface area contributed by atoms with Gasteiger partial charge in [-0.3, -0.25) is 19.2 Å². The van der Waals surface area contributed by atoms with Gasteiger partial charge in [-0.05, 0) is 56.1 Å². The minimum atomic E-state index is -1.13. The van der Waals surface area contributed by atoms with E-state index in [1.807, 2.05) is 64.1 Å². The van der Waals surface area contributed by atoms with Crippen LogP contribution in [-0.2, 0) is 19.2 Å². The number of rotatable bonds is 2. The van der Waals surface area contributed by atoms with Crippen molar-refractivity contribution in [2.75, 3.05) is 0 Å². The minimum absolute atomic E-state index is 0.309. The fourth-order valence-electron chi connectivity index (χ4n) is 10.3. The largest absolute Gasteiger partial charge is 0.481 e. The molecule has 43 heavy (non-hydrogen) atoms. The van der Waals surface area contributed by atoms with Gasteiger partial charge in [-0.25, -0.2) is 0 Å². The van der Waals surface area contributed by atoms with E-state index in [0.29, 0.717) is 33.0 Å². The molecule has 0 saturated heterocycles. The first kappa shape index (κ1) is 26.2. The summed E-state index contributed by atoms with van der Waals surface area (Å²) in [6.45, 7) is 7.46. The highest BCUT2D eigenvalue weighted by atomic mass is 16.5. The Kier molecular flexibility index (Phi) is 5.08. The molecule has 2 N–H and O–H groups in total. The number of hydrogen-bond acceptors (Lipinski definition) is 6. The minimum Gasteiger partial charge on any atom is -0.481 e. The monoisotopic (exact) mass is 578 g/mol. The molecule has 2 saturated carbocycles. The second kappa shape index (κ2) is 8.34. The molecular formula is C35H30O8. The standard InChI is InChI=1S/C35H30O8/c1-13-7-5-9-17-21(13)29-18-10-6-8-14(2)22(18)30(17)43-34(41)24-20-12-16(4)28(26(24)32(38)39)35(20)19-11-15(3)27(35)25(31(36)37)23(19)33(40)42-29/h5-12,19-20,23-28H,1-4H3,(H,36,37)(H,38,39). The molecule has 2 fully saturated rings. The summed E-state index contributed by atoms with van der Waals surface area (Å²) in [5, 5.41) is 23.6. The van der Waals surface area contributed by atoms with Crippen molar-refractivity contribution in [1.29, 1.82) is 0 Å². The number of ether oxygens (including phenoxy) is 2. The lowest BCUT2D eigenvalue weighted by molar-refractivity contribution is -0.152. The van der Waals surface area contributed by atoms with E-state index in [1.54, 1.807) is 12.1 Å². The van der Waals surface area contributed by atoms with E-state index < -0.39 is 76.6 Å². The van der Waals surface area contributed by atoms with Gasteiger partial charge < -0.3 is 19.7 Å². The van der Waals surface area contributed by atoms with Crippen molar-refractivity contribution in [3.8, 4) is 11.5 Å². The van der Waals surface area contributed by atoms with Gasteiger partial charge in [0.05, 0.1) is 23.7 Å². The highest BCUT2D eigenvalue weighted by Crippen LogP contribution is 2.78. The Balaban J connectivity index is 1.50. The first-order chi connectivity index (χ1) is 20.5. The Morgan fingerprint density at radius 1 is 0.674 bits per heavy atom. The zero-order valence-corrected chi connectivity index (χ0v) is 24.1. The second-order valence-corrected chi connectivity index (χ2v) is 13.1. The molecule has 8 heteroatoms. The van der Waals surface area contributed by atoms with Crippen LogP contribution >= 0.6 is 0 Å². The Morgan fingerprint density at radius 3 is 1.44 bits per heavy atom. The molecule has 8 rings (SSSR count). The summed E-state index contributed by atoms with van der Waals surface area (Å²) >= 11 is 0. The molecule has 218 valence electrons. The summed E-state index contributed by atoms with van der Waals surface area (Å²) in [5.41, 5.74) is 2.24. The van der Waals surface area contributed by atoms with Crippen molar-refractivity contribution in [3.05, 3.63) is 70.8 Å². The molecule has 8 unspecified atom stereocenters. The average Bonchev–Trinajstić information content (AvgIpc) is 3.61. The number of fused-ring (bicyclic) bond motifs is 3. The average molecular weight is 579 g/mol. The SMILES string of the molecule is CC1=CC2C3C(=O)Oc4c5cccc(C)c5c(c5cccc(C)c45)OC(=O)C4C(C(=O)O)C5C(C)=CC4C25C1C3C(=O)O. The number of benzene rings is 3. The maximum Gasteiger partial charge on any atom is 0.315 e. The van der Waals surface area contributed by atoms with E-state index >= 15 is 0 Å². The number of carboxylic acids is 2. The van der Waals surface area contributed by atoms with Crippen molar-refractivity contribution in [1.82, 2.24) is 0 Å². The topological polar surface area (TPSA) is 127 Å². The summed E-state index contributed by atoms with van der Waals surface area (Å²) < 4.78 is 12.7. The van der Waals surface area contributed by atoms with Gasteiger partial charge in [-0.15, -0.1) is 0 Å². The predicted octanol–water partition coefficient (Wildman–Crippen LogP) is 5.47. The fourth-order valence-corrected chi connectivity index (χ4v) is 10.3. The lowest BCUT2D eigenvalue weighted by Gasteiger charge is -2.38. The number of allylic oxidation sites excluding steroid dienone is 4. The van der Waals surface area contributed by atoms with Gasteiger partial charge >= 0.3 is 23.9 Å². The molecular weight excluding hydrogens is 548 g/mol. The maximum atomic E-state index is 14.5. The van der Waals surface area contributed by atoms with Crippen LogP contribution < -0.4 is 9.47 Å². The summed E-state index contributed by atoms with van der Waals surface area (Å²) in [7, 11) is 0. The third-order valence-electron chi connectivity index (χ3n) is 11.4. The van der Waals surface area contributed by atoms with Gasteiger partial charge in [0.2, 0.25) is 0 Å². The molecule has 3 aromatic rings. The third kappa shape index (κ3) is 2.91. The first-order valence-electron chi connectivity index (χ1n) is 14.7. The van der Waals surface area contributed by atoms with Gasteiger partial charge in [0, 0.05) is 33.4 Å². The van der Waals surface area contributed by atoms with Crippen LogP contribution in [0.4, 0.5) is 0 Å². The normalized spacial score (nSPS) is 35.3. The van der Waals surface area contributed by atoms with Gasteiger partial charge in [0.1, 0.15) is 11.5 Å². The van der Waals surface area contributed by atoms with Gasteiger partial charge in [-0.1, -0.05) is 59.7 Å². The van der Waals surface area contributed by atoms with E-state index in [9.17, 15) is 29.4 Å². The van der Waals surface area contributed by atoms with E-state index in [0.717, 1.165) is 22.3 Å². The van der Waals surface area contributed by atoms with E-state index in [1.165, 1.54) is 0 Å². The quantitative estimate of drug-likeness (QED) is 0.178. The fraction of sp³-hybridized carbons (Fsp3) is 0.371. The van der Waals surface area contributed by atoms with Crippen LogP contribution in [0.3, 0.4) is 0 Å². The zero-order valence-electron chi connectivity index (χ0n) is 24.1. The molecule has 0 amide bonds. The number of carbonyl (C=O) groups is 4. The molecule has 1 aliphatic heterocycles. The summed E-state index contributed by atoms with van der Waals surface area (Å²) in [4.78, 5) is 55.1. The van der Waals surface area contributed by atoms with Crippen molar-refractivity contribution in [2.45, 2.75) is 27.7 Å². The van der Waals surface area contributed by atoms with Crippen LogP contribution in [0.2, 0.25) is 0 Å². The van der Waals surface area contributed by atoms with Crippen molar-refractivity contribution < 1.29 is 38.9 Å². The zero-order chi connectivity index (χ0) is 30.3. The Bertz CT molecular complexity index is 1790. The van der Waals surface area contributed by atoms with E-state index in [-0.39, 0.29) is 0 Å². The highest BCUT2D eigenvalue weighted by Gasteiger charge is 2.80. The summed E-state index contributed by atoms with van der Waals surface area (Å²) in [6.07, 6.45) is 3.89. The molecule has 8 atom stereocenters. The van der Waals surface area contributed by atoms with Crippen LogP contribution in [0.25, 0.3) is 21.5 Å². The van der Waals surface area contributed by atoms with Crippen LogP contribution in [0.5, 0.6) is 11.5 Å². The van der Waals surface area contributed by atoms with Gasteiger partial charge in [-0.2, -0.15) is 0 Å². The molecule has 1 heterocycles. The van der Waals surface area contributed by atoms with Gasteiger partial charge in [0.25, 0.3) is 0 Å². The lowest BCUT2D eigenvalue weighted by atomic mass is 9.63. The van der Waals surface area contributed by atoms with Gasteiger partial charge in [0.15, 0.2) is 0 Å². The molecule has 3 aromatic carbocycles. The predicted molar refractivity (Wildman–Crippen MR) is 155 cm³/mol. The second-order valence-electron chi connectivity index (χ2n) is 13.1. The van der Waals surface area contributed by atoms with E-state index in [2.05, 4.69) is 0 Å². The number of esters is 2. The molecule has 1 spiro atoms. The molecule has 5 aliphatic rings. The number of aryl methyl sites for hydroxylation is 2. The number of hydrogen-bond donors (Lipinski definition) is 2. The van der Waals surface area contributed by atoms with Crippen LogP contribution in [-0.4, -0.2) is 34.1 Å². The smallest absolute Gasteiger partial charge is 0.315 e. The van der Waals surface area contributed by atoms with Crippen molar-refractivity contribution in [2.24, 2.45) is 52.8 Å². The molecule has 4 aliphatic carbocycles. The number of aliphatic carboxylic acids is 2. The molecule has 0 aromatic heterocycles. The summed E-state index contributed by atoms with van der Waals surface area (Å²) in [6, 6.07) is 11.0. The van der Waals surface area contributed by atoms with Crippen LogP contribution in [0.15, 0.2) is 59.7 Å². The summed E-state index contributed by atoms with van der Waals surface area (Å²) in [5.74, 6) is -9.79. The molecule has 0 radical (unpaired) electrons. The highest BCUT2D eigenvalue weighted by molar-refractivity contribution is 6.15. The maximum absolute atomic E-state index is 14.5. The Hall–Kier alpha value is -4.46. The Labute approximate surface area is 247 Å². The lowest BCUT2D eigenvalue weighted by Crippen LogP contribution is -2.39. The Morgan fingerprint density at radius 2 is 1.07 bits per heavy atom. The molecule has 8 nitrogen and oxygen atoms in total. The molecule has 9 bridgehead atoms. The third-order valence-corrected chi connectivity index (χ3v) is 11.4. The van der Waals surface area contributed by atoms with Crippen LogP contribution in [0.1, 0.15) is 25.0 Å². The number of carbonyl (C=O) groups excluding carboxylic acids is 2. The van der Waals surface area contributed by atoms with Crippen molar-refractivity contribution >= 4 is 45.4 Å². The van der Waals surface area contributed by atoms with Crippen LogP contribution in [0, 0.1) is 66.6 Å². The van der Waals surface area contributed by atoms with E-state index in [4.69, 9.17) is 9.47 Å². The first-order valence-corrected chi connectivity index (χ1v) is 14.7. The number of carboxylic acid groups (broad SMARTS) is 2.